The van der Waals surface area contributed by atoms with E-state index in [-0.39, 0.29) is 4.17 Å². The van der Waals surface area contributed by atoms with Crippen LogP contribution in [0.15, 0.2) is 42.5 Å². The second-order valence-corrected chi connectivity index (χ2v) is 5.49. The van der Waals surface area contributed by atoms with Gasteiger partial charge < -0.3 is 9.80 Å². The molecule has 0 amide bonds. The Balaban J connectivity index is 2.15. The molecule has 0 spiro atoms. The van der Waals surface area contributed by atoms with Crippen LogP contribution in [0.25, 0.3) is 0 Å². The van der Waals surface area contributed by atoms with Crippen LogP contribution >= 0.6 is 22.6 Å². The number of para-hydroxylation sites is 2. The lowest BCUT2D eigenvalue weighted by atomic mass is 10.2. The summed E-state index contributed by atoms with van der Waals surface area (Å²) in [6.07, 6.45) is 0. The van der Waals surface area contributed by atoms with Crippen molar-refractivity contribution in [1.29, 1.82) is 0 Å². The molecule has 2 aromatic carbocycles. The third-order valence-corrected chi connectivity index (χ3v) is 4.62. The molecule has 0 fully saturated rings. The van der Waals surface area contributed by atoms with Gasteiger partial charge in [0.1, 0.15) is 11.6 Å². The highest BCUT2D eigenvalue weighted by Crippen LogP contribution is 2.45. The van der Waals surface area contributed by atoms with Gasteiger partial charge in [0.25, 0.3) is 0 Å². The minimum Gasteiger partial charge on any atom is -0.344 e. The largest absolute Gasteiger partial charge is 0.344 e. The Morgan fingerprint density at radius 1 is 1.00 bits per heavy atom. The zero-order valence-corrected chi connectivity index (χ0v) is 12.3. The number of hydrogen-bond acceptors (Lipinski definition) is 2. The molecule has 0 N–H and O–H groups in total. The van der Waals surface area contributed by atoms with Gasteiger partial charge in [-0.2, -0.15) is 0 Å². The molecule has 0 saturated carbocycles. The number of nitrogens with zero attached hydrogens (tertiary/aromatic N) is 2. The quantitative estimate of drug-likeness (QED) is 0.419. The third kappa shape index (κ3) is 1.96. The molecule has 0 radical (unpaired) electrons. The van der Waals surface area contributed by atoms with Crippen molar-refractivity contribution in [1.82, 2.24) is 0 Å². The molecule has 5 heteroatoms. The van der Waals surface area contributed by atoms with Gasteiger partial charge in [0, 0.05) is 13.1 Å². The second-order valence-electron chi connectivity index (χ2n) is 4.38. The molecule has 0 aliphatic carbocycles. The van der Waals surface area contributed by atoms with Gasteiger partial charge in [0.15, 0.2) is 4.17 Å². The summed E-state index contributed by atoms with van der Waals surface area (Å²) < 4.78 is 27.0. The molecular weight excluding hydrogens is 361 g/mol. The summed E-state index contributed by atoms with van der Waals surface area (Å²) in [6.45, 7) is 0. The molecule has 0 aromatic heterocycles. The molecule has 1 atom stereocenters. The van der Waals surface area contributed by atoms with E-state index in [0.717, 1.165) is 17.4 Å². The first-order valence-corrected chi connectivity index (χ1v) is 7.04. The van der Waals surface area contributed by atoms with E-state index in [0.29, 0.717) is 5.69 Å². The van der Waals surface area contributed by atoms with E-state index >= 15 is 0 Å². The van der Waals surface area contributed by atoms with Crippen LogP contribution in [0.3, 0.4) is 0 Å². The Hall–Kier alpha value is -1.37. The highest BCUT2D eigenvalue weighted by Gasteiger charge is 2.33. The molecule has 2 nitrogen and oxygen atoms in total. The van der Waals surface area contributed by atoms with Gasteiger partial charge in [-0.05, 0) is 46.9 Å². The van der Waals surface area contributed by atoms with Crippen LogP contribution in [-0.2, 0) is 0 Å². The summed E-state index contributed by atoms with van der Waals surface area (Å²) in [5.41, 5.74) is 2.35. The topological polar surface area (TPSA) is 6.48 Å². The predicted molar refractivity (Wildman–Crippen MR) is 81.2 cm³/mol. The molecule has 19 heavy (non-hydrogen) atoms. The van der Waals surface area contributed by atoms with Crippen LogP contribution in [0.1, 0.15) is 0 Å². The number of fused-ring (bicyclic) bond motifs is 1. The van der Waals surface area contributed by atoms with E-state index in [1.54, 1.807) is 0 Å². The number of rotatable bonds is 1. The van der Waals surface area contributed by atoms with Gasteiger partial charge >= 0.3 is 0 Å². The van der Waals surface area contributed by atoms with Crippen LogP contribution in [0.5, 0.6) is 0 Å². The molecule has 98 valence electrons. The van der Waals surface area contributed by atoms with Crippen LogP contribution in [0.4, 0.5) is 25.8 Å². The van der Waals surface area contributed by atoms with Crippen molar-refractivity contribution in [3.05, 3.63) is 54.1 Å². The van der Waals surface area contributed by atoms with Crippen molar-refractivity contribution in [2.75, 3.05) is 16.8 Å². The van der Waals surface area contributed by atoms with Crippen molar-refractivity contribution in [2.45, 2.75) is 4.17 Å². The smallest absolute Gasteiger partial charge is 0.159 e. The number of halogens is 3. The SMILES string of the molecule is CN1c2ccccc2N(c2ccc(F)cc2F)C1I. The predicted octanol–water partition coefficient (Wildman–Crippen LogP) is 4.27. The summed E-state index contributed by atoms with van der Waals surface area (Å²) >= 11 is 2.24. The van der Waals surface area contributed by atoms with E-state index < -0.39 is 11.6 Å². The zero-order chi connectivity index (χ0) is 13.6. The number of alkyl halides is 1. The molecule has 2 aromatic rings. The first-order chi connectivity index (χ1) is 9.09. The Kier molecular flexibility index (Phi) is 3.08. The average molecular weight is 372 g/mol. The highest BCUT2D eigenvalue weighted by atomic mass is 127. The van der Waals surface area contributed by atoms with Crippen LogP contribution in [-0.4, -0.2) is 11.2 Å². The van der Waals surface area contributed by atoms with Gasteiger partial charge in [0.05, 0.1) is 17.1 Å². The first-order valence-electron chi connectivity index (χ1n) is 5.80. The van der Waals surface area contributed by atoms with Gasteiger partial charge in [-0.15, -0.1) is 0 Å². The second kappa shape index (κ2) is 4.63. The standard InChI is InChI=1S/C14H11F2IN2/c1-18-12-4-2-3-5-13(12)19(14(18)17)11-7-6-9(15)8-10(11)16/h2-8,14H,1H3. The summed E-state index contributed by atoms with van der Waals surface area (Å²) in [5, 5.41) is 0. The molecular formula is C14H11F2IN2. The minimum atomic E-state index is -0.563. The van der Waals surface area contributed by atoms with Gasteiger partial charge in [0.2, 0.25) is 0 Å². The normalized spacial score (nSPS) is 17.8. The van der Waals surface area contributed by atoms with Crippen molar-refractivity contribution < 1.29 is 8.78 Å². The summed E-state index contributed by atoms with van der Waals surface area (Å²) in [5.74, 6) is -1.11. The maximum atomic E-state index is 14.0. The Morgan fingerprint density at radius 3 is 2.37 bits per heavy atom. The van der Waals surface area contributed by atoms with Gasteiger partial charge in [-0.3, -0.25) is 0 Å². The molecule has 1 unspecified atom stereocenters. The van der Waals surface area contributed by atoms with Crippen LogP contribution in [0, 0.1) is 11.6 Å². The lowest BCUT2D eigenvalue weighted by Gasteiger charge is -2.26. The average Bonchev–Trinajstić information content (AvgIpc) is 2.64. The molecule has 0 bridgehead atoms. The Morgan fingerprint density at radius 2 is 1.68 bits per heavy atom. The lowest BCUT2D eigenvalue weighted by Crippen LogP contribution is -2.33. The van der Waals surface area contributed by atoms with E-state index in [2.05, 4.69) is 27.5 Å². The number of hydrogen-bond donors (Lipinski definition) is 0. The molecule has 3 rings (SSSR count). The maximum Gasteiger partial charge on any atom is 0.159 e. The Labute approximate surface area is 123 Å². The van der Waals surface area contributed by atoms with Gasteiger partial charge in [-0.25, -0.2) is 8.78 Å². The van der Waals surface area contributed by atoms with Crippen molar-refractivity contribution >= 4 is 39.7 Å². The molecule has 1 aliphatic heterocycles. The number of benzene rings is 2. The molecule has 1 heterocycles. The van der Waals surface area contributed by atoms with Gasteiger partial charge in [-0.1, -0.05) is 12.1 Å². The zero-order valence-electron chi connectivity index (χ0n) is 10.1. The lowest BCUT2D eigenvalue weighted by molar-refractivity contribution is 0.582. The fourth-order valence-corrected chi connectivity index (χ4v) is 3.19. The number of anilines is 3. The van der Waals surface area contributed by atoms with E-state index in [1.165, 1.54) is 12.1 Å². The van der Waals surface area contributed by atoms with Crippen LogP contribution in [0.2, 0.25) is 0 Å². The Bertz CT molecular complexity index is 633. The van der Waals surface area contributed by atoms with E-state index in [4.69, 9.17) is 0 Å². The molecule has 0 saturated heterocycles. The maximum absolute atomic E-state index is 14.0. The van der Waals surface area contributed by atoms with Crippen molar-refractivity contribution in [3.8, 4) is 0 Å². The summed E-state index contributed by atoms with van der Waals surface area (Å²) in [4.78, 5) is 3.92. The fourth-order valence-electron chi connectivity index (χ4n) is 2.29. The third-order valence-electron chi connectivity index (χ3n) is 3.22. The van der Waals surface area contributed by atoms with E-state index in [9.17, 15) is 8.78 Å². The molecule has 1 aliphatic rings. The minimum absolute atomic E-state index is 0.0463. The van der Waals surface area contributed by atoms with E-state index in [1.807, 2.05) is 36.2 Å². The summed E-state index contributed by atoms with van der Waals surface area (Å²) in [6, 6.07) is 11.5. The van der Waals surface area contributed by atoms with Crippen LogP contribution < -0.4 is 9.80 Å². The summed E-state index contributed by atoms with van der Waals surface area (Å²) in [7, 11) is 1.96. The van der Waals surface area contributed by atoms with Crippen molar-refractivity contribution in [3.63, 3.8) is 0 Å². The monoisotopic (exact) mass is 372 g/mol. The highest BCUT2D eigenvalue weighted by molar-refractivity contribution is 14.1. The fraction of sp³-hybridized carbons (Fsp3) is 0.143. The van der Waals surface area contributed by atoms with Crippen molar-refractivity contribution in [2.24, 2.45) is 0 Å². The first kappa shape index (κ1) is 12.7.